The van der Waals surface area contributed by atoms with Crippen LogP contribution in [0.5, 0.6) is 0 Å². The molecule has 40 heavy (non-hydrogen) atoms. The minimum Gasteiger partial charge on any atom is -0.352 e. The van der Waals surface area contributed by atoms with Gasteiger partial charge in [-0.05, 0) is 36.1 Å². The Hall–Kier alpha value is -3.98. The van der Waals surface area contributed by atoms with Gasteiger partial charge < -0.3 is 10.2 Å². The molecule has 2 aliphatic rings. The molecule has 0 aromatic heterocycles. The number of hydrogen-bond donors (Lipinski definition) is 1. The van der Waals surface area contributed by atoms with Gasteiger partial charge >= 0.3 is 0 Å². The number of benzene rings is 3. The number of nitrogens with one attached hydrogen (secondary N) is 1. The Morgan fingerprint density at radius 3 is 2.10 bits per heavy atom. The van der Waals surface area contributed by atoms with Gasteiger partial charge in [0.1, 0.15) is 17.5 Å². The molecule has 1 N–H and O–H groups in total. The van der Waals surface area contributed by atoms with Crippen LogP contribution in [0, 0.1) is 0 Å². The molecule has 1 saturated carbocycles. The molecule has 0 spiro atoms. The van der Waals surface area contributed by atoms with Crippen molar-refractivity contribution in [1.29, 1.82) is 0 Å². The zero-order chi connectivity index (χ0) is 28.1. The molecule has 8 nitrogen and oxygen atoms in total. The standard InChI is InChI=1S/C31H33N3O5S/c35-29(22-34-31(37)26-18-10-11-19-28(26)40(34,38)39)33(21-24-14-6-2-7-15-24)27(20-23-12-4-1-5-13-23)30(36)32-25-16-8-3-9-17-25/h1-2,4-7,10-15,18-19,25,27H,3,8-9,16-17,20-22H2,(H,32,36)/t27-/m1/s1. The van der Waals surface area contributed by atoms with Crippen molar-refractivity contribution in [3.05, 3.63) is 102 Å². The zero-order valence-electron chi connectivity index (χ0n) is 22.2. The predicted molar refractivity (Wildman–Crippen MR) is 151 cm³/mol. The van der Waals surface area contributed by atoms with Crippen molar-refractivity contribution >= 4 is 27.7 Å². The van der Waals surface area contributed by atoms with E-state index in [0.29, 0.717) is 4.31 Å². The largest absolute Gasteiger partial charge is 0.352 e. The number of fused-ring (bicyclic) bond motifs is 1. The van der Waals surface area contributed by atoms with E-state index in [4.69, 9.17) is 0 Å². The third-order valence-electron chi connectivity index (χ3n) is 7.61. The zero-order valence-corrected chi connectivity index (χ0v) is 23.1. The predicted octanol–water partition coefficient (Wildman–Crippen LogP) is 3.92. The van der Waals surface area contributed by atoms with E-state index in [-0.39, 0.29) is 35.4 Å². The first-order chi connectivity index (χ1) is 19.3. The summed E-state index contributed by atoms with van der Waals surface area (Å²) in [6.45, 7) is -0.602. The highest BCUT2D eigenvalue weighted by Crippen LogP contribution is 2.30. The highest BCUT2D eigenvalue weighted by molar-refractivity contribution is 7.90. The lowest BCUT2D eigenvalue weighted by molar-refractivity contribution is -0.141. The highest BCUT2D eigenvalue weighted by atomic mass is 32.2. The minimum absolute atomic E-state index is 0.0308. The summed E-state index contributed by atoms with van der Waals surface area (Å²) in [5.74, 6) is -1.64. The van der Waals surface area contributed by atoms with Gasteiger partial charge in [0, 0.05) is 19.0 Å². The van der Waals surface area contributed by atoms with Crippen molar-refractivity contribution in [1.82, 2.24) is 14.5 Å². The fourth-order valence-corrected chi connectivity index (χ4v) is 7.00. The van der Waals surface area contributed by atoms with Crippen molar-refractivity contribution in [3.8, 4) is 0 Å². The average molecular weight is 560 g/mol. The Morgan fingerprint density at radius 2 is 1.45 bits per heavy atom. The summed E-state index contributed by atoms with van der Waals surface area (Å²) in [5.41, 5.74) is 1.70. The van der Waals surface area contributed by atoms with Crippen LogP contribution in [0.1, 0.15) is 53.6 Å². The number of nitrogens with zero attached hydrogens (tertiary/aromatic N) is 2. The molecule has 0 radical (unpaired) electrons. The Balaban J connectivity index is 1.48. The van der Waals surface area contributed by atoms with E-state index in [2.05, 4.69) is 5.32 Å². The normalized spacial score (nSPS) is 17.2. The van der Waals surface area contributed by atoms with Crippen LogP contribution in [0.15, 0.2) is 89.8 Å². The highest BCUT2D eigenvalue weighted by Gasteiger charge is 2.43. The number of hydrogen-bond acceptors (Lipinski definition) is 5. The summed E-state index contributed by atoms with van der Waals surface area (Å²) in [6, 6.07) is 23.8. The maximum atomic E-state index is 14.0. The molecular weight excluding hydrogens is 526 g/mol. The number of carbonyl (C=O) groups excluding carboxylic acids is 3. The van der Waals surface area contributed by atoms with Crippen LogP contribution in [0.2, 0.25) is 0 Å². The van der Waals surface area contributed by atoms with Gasteiger partial charge in [0.05, 0.1) is 5.56 Å². The van der Waals surface area contributed by atoms with E-state index < -0.39 is 34.4 Å². The Kier molecular flexibility index (Phi) is 8.30. The lowest BCUT2D eigenvalue weighted by atomic mass is 9.94. The van der Waals surface area contributed by atoms with Crippen LogP contribution in [0.4, 0.5) is 0 Å². The van der Waals surface area contributed by atoms with Crippen LogP contribution >= 0.6 is 0 Å². The van der Waals surface area contributed by atoms with E-state index in [9.17, 15) is 22.8 Å². The second-order valence-corrected chi connectivity index (χ2v) is 12.2. The van der Waals surface area contributed by atoms with Gasteiger partial charge in [-0.2, -0.15) is 0 Å². The fraction of sp³-hybridized carbons (Fsp3) is 0.323. The van der Waals surface area contributed by atoms with Crippen molar-refractivity contribution in [2.45, 2.75) is 62.0 Å². The molecule has 3 aromatic rings. The summed E-state index contributed by atoms with van der Waals surface area (Å²) in [7, 11) is -4.19. The van der Waals surface area contributed by atoms with Crippen molar-refractivity contribution in [2.24, 2.45) is 0 Å². The maximum absolute atomic E-state index is 14.0. The molecule has 0 unspecified atom stereocenters. The summed E-state index contributed by atoms with van der Waals surface area (Å²) >= 11 is 0. The first-order valence-corrected chi connectivity index (χ1v) is 15.1. The van der Waals surface area contributed by atoms with Gasteiger partial charge in [-0.25, -0.2) is 12.7 Å². The average Bonchev–Trinajstić information content (AvgIpc) is 3.17. The Bertz CT molecular complexity index is 1470. The number of sulfonamides is 1. The van der Waals surface area contributed by atoms with E-state index >= 15 is 0 Å². The summed E-state index contributed by atoms with van der Waals surface area (Å²) in [4.78, 5) is 42.3. The van der Waals surface area contributed by atoms with Gasteiger partial charge in [-0.15, -0.1) is 0 Å². The van der Waals surface area contributed by atoms with Gasteiger partial charge in [-0.1, -0.05) is 92.1 Å². The van der Waals surface area contributed by atoms with Gasteiger partial charge in [0.25, 0.3) is 15.9 Å². The topological polar surface area (TPSA) is 104 Å². The van der Waals surface area contributed by atoms with Gasteiger partial charge in [0.15, 0.2) is 0 Å². The first-order valence-electron chi connectivity index (χ1n) is 13.7. The van der Waals surface area contributed by atoms with Gasteiger partial charge in [-0.3, -0.25) is 14.4 Å². The first kappa shape index (κ1) is 27.6. The maximum Gasteiger partial charge on any atom is 0.269 e. The van der Waals surface area contributed by atoms with Crippen LogP contribution in [-0.2, 0) is 32.6 Å². The smallest absolute Gasteiger partial charge is 0.269 e. The summed E-state index contributed by atoms with van der Waals surface area (Å²) in [6.07, 6.45) is 5.23. The van der Waals surface area contributed by atoms with Gasteiger partial charge in [0.2, 0.25) is 11.8 Å². The minimum atomic E-state index is -4.19. The molecular formula is C31H33N3O5S. The van der Waals surface area contributed by atoms with Crippen LogP contribution in [-0.4, -0.2) is 54.0 Å². The monoisotopic (exact) mass is 559 g/mol. The second kappa shape index (κ2) is 12.0. The molecule has 9 heteroatoms. The molecule has 0 saturated heterocycles. The Labute approximate surface area is 235 Å². The van der Waals surface area contributed by atoms with Crippen molar-refractivity contribution in [2.75, 3.05) is 6.54 Å². The van der Waals surface area contributed by atoms with Crippen molar-refractivity contribution < 1.29 is 22.8 Å². The third kappa shape index (κ3) is 5.94. The van der Waals surface area contributed by atoms with Crippen LogP contribution in [0.3, 0.4) is 0 Å². The molecule has 208 valence electrons. The molecule has 3 aromatic carbocycles. The van der Waals surface area contributed by atoms with E-state index in [0.717, 1.165) is 43.2 Å². The quantitative estimate of drug-likeness (QED) is 0.428. The molecule has 5 rings (SSSR count). The van der Waals surface area contributed by atoms with Crippen LogP contribution in [0.25, 0.3) is 0 Å². The second-order valence-electron chi connectivity index (χ2n) is 10.4. The summed E-state index contributed by atoms with van der Waals surface area (Å²) < 4.78 is 27.1. The SMILES string of the molecule is O=C(NC1CCCCC1)[C@@H](Cc1ccccc1)N(Cc1ccccc1)C(=O)CN1C(=O)c2ccccc2S1(=O)=O. The lowest BCUT2D eigenvalue weighted by Crippen LogP contribution is -2.55. The number of amides is 3. The van der Waals surface area contributed by atoms with E-state index in [1.54, 1.807) is 12.1 Å². The molecule has 1 atom stereocenters. The van der Waals surface area contributed by atoms with Crippen LogP contribution < -0.4 is 5.32 Å². The number of rotatable bonds is 9. The number of carbonyl (C=O) groups is 3. The Morgan fingerprint density at radius 1 is 0.850 bits per heavy atom. The lowest BCUT2D eigenvalue weighted by Gasteiger charge is -2.34. The molecule has 0 bridgehead atoms. The fourth-order valence-electron chi connectivity index (χ4n) is 5.48. The molecule has 1 aliphatic heterocycles. The molecule has 1 aliphatic carbocycles. The van der Waals surface area contributed by atoms with E-state index in [1.165, 1.54) is 17.0 Å². The van der Waals surface area contributed by atoms with E-state index in [1.807, 2.05) is 60.7 Å². The third-order valence-corrected chi connectivity index (χ3v) is 9.40. The molecule has 1 fully saturated rings. The summed E-state index contributed by atoms with van der Waals surface area (Å²) in [5, 5.41) is 3.16. The van der Waals surface area contributed by atoms with Crippen molar-refractivity contribution in [3.63, 3.8) is 0 Å². The molecule has 1 heterocycles. The molecule has 3 amide bonds.